The lowest BCUT2D eigenvalue weighted by molar-refractivity contribution is -0.0110. The van der Waals surface area contributed by atoms with Gasteiger partial charge in [0.15, 0.2) is 0 Å². The van der Waals surface area contributed by atoms with Crippen LogP contribution < -0.4 is 0 Å². The lowest BCUT2D eigenvalue weighted by atomic mass is 9.82. The van der Waals surface area contributed by atoms with Crippen LogP contribution in [0.15, 0.2) is 0 Å². The SMILES string of the molecule is O=S(=O)(Cl)CC1(O)CCC1. The lowest BCUT2D eigenvalue weighted by Gasteiger charge is -2.35. The summed E-state index contributed by atoms with van der Waals surface area (Å²) in [6, 6.07) is 0. The van der Waals surface area contributed by atoms with Gasteiger partial charge >= 0.3 is 0 Å². The molecule has 1 rings (SSSR count). The summed E-state index contributed by atoms with van der Waals surface area (Å²) >= 11 is 0. The fourth-order valence-corrected chi connectivity index (χ4v) is 2.59. The molecule has 1 aliphatic rings. The Hall–Kier alpha value is 0.200. The van der Waals surface area contributed by atoms with Gasteiger partial charge in [-0.05, 0) is 19.3 Å². The number of hydrogen-bond acceptors (Lipinski definition) is 3. The maximum absolute atomic E-state index is 10.4. The largest absolute Gasteiger partial charge is 0.389 e. The average molecular weight is 185 g/mol. The van der Waals surface area contributed by atoms with Gasteiger partial charge in [-0.2, -0.15) is 0 Å². The summed E-state index contributed by atoms with van der Waals surface area (Å²) in [5, 5.41) is 9.28. The third kappa shape index (κ3) is 2.11. The molecule has 5 heteroatoms. The van der Waals surface area contributed by atoms with Gasteiger partial charge in [-0.1, -0.05) is 0 Å². The Morgan fingerprint density at radius 2 is 2.00 bits per heavy atom. The molecular weight excluding hydrogens is 176 g/mol. The first-order valence-corrected chi connectivity index (χ1v) is 5.54. The van der Waals surface area contributed by atoms with Crippen LogP contribution in [0.5, 0.6) is 0 Å². The second-order valence-corrected chi connectivity index (χ2v) is 5.54. The first-order chi connectivity index (χ1) is 4.41. The van der Waals surface area contributed by atoms with E-state index in [1.165, 1.54) is 0 Å². The summed E-state index contributed by atoms with van der Waals surface area (Å²) < 4.78 is 20.9. The minimum absolute atomic E-state index is 0.304. The van der Waals surface area contributed by atoms with E-state index in [1.807, 2.05) is 0 Å². The van der Waals surface area contributed by atoms with E-state index in [2.05, 4.69) is 0 Å². The minimum Gasteiger partial charge on any atom is -0.389 e. The fourth-order valence-electron chi connectivity index (χ4n) is 1.05. The van der Waals surface area contributed by atoms with Gasteiger partial charge < -0.3 is 5.11 Å². The molecule has 0 aromatic carbocycles. The molecule has 0 atom stereocenters. The van der Waals surface area contributed by atoms with E-state index < -0.39 is 14.7 Å². The van der Waals surface area contributed by atoms with Crippen LogP contribution in [0.3, 0.4) is 0 Å². The molecule has 0 saturated heterocycles. The summed E-state index contributed by atoms with van der Waals surface area (Å²) in [6.45, 7) is 0. The molecule has 0 aromatic heterocycles. The van der Waals surface area contributed by atoms with Gasteiger partial charge in [0.25, 0.3) is 0 Å². The van der Waals surface area contributed by atoms with Crippen LogP contribution in [0.25, 0.3) is 0 Å². The summed E-state index contributed by atoms with van der Waals surface area (Å²) in [7, 11) is 1.42. The Bertz CT molecular complexity index is 217. The minimum atomic E-state index is -3.52. The summed E-state index contributed by atoms with van der Waals surface area (Å²) in [4.78, 5) is 0. The van der Waals surface area contributed by atoms with E-state index in [0.717, 1.165) is 6.42 Å². The van der Waals surface area contributed by atoms with Crippen molar-refractivity contribution in [2.75, 3.05) is 5.75 Å². The fraction of sp³-hybridized carbons (Fsp3) is 1.00. The van der Waals surface area contributed by atoms with Crippen LogP contribution in [0, 0.1) is 0 Å². The Morgan fingerprint density at radius 1 is 1.50 bits per heavy atom. The zero-order valence-electron chi connectivity index (χ0n) is 5.38. The van der Waals surface area contributed by atoms with Gasteiger partial charge in [0, 0.05) is 10.7 Å². The molecule has 1 fully saturated rings. The number of hydrogen-bond donors (Lipinski definition) is 1. The van der Waals surface area contributed by atoms with E-state index in [9.17, 15) is 13.5 Å². The van der Waals surface area contributed by atoms with Gasteiger partial charge in [0.05, 0.1) is 11.4 Å². The van der Waals surface area contributed by atoms with Crippen molar-refractivity contribution < 1.29 is 13.5 Å². The van der Waals surface area contributed by atoms with E-state index in [4.69, 9.17) is 10.7 Å². The predicted octanol–water partition coefficient (Wildman–Crippen LogP) is 0.470. The Kier molecular flexibility index (Phi) is 1.96. The summed E-state index contributed by atoms with van der Waals surface area (Å²) in [5.74, 6) is -0.304. The monoisotopic (exact) mass is 184 g/mol. The third-order valence-corrected chi connectivity index (χ3v) is 2.93. The molecule has 0 spiro atoms. The average Bonchev–Trinajstić information content (AvgIpc) is 1.57. The predicted molar refractivity (Wildman–Crippen MR) is 38.4 cm³/mol. The lowest BCUT2D eigenvalue weighted by Crippen LogP contribution is -2.42. The summed E-state index contributed by atoms with van der Waals surface area (Å²) in [5.41, 5.74) is -1.01. The van der Waals surface area contributed by atoms with Crippen LogP contribution in [0.2, 0.25) is 0 Å². The number of rotatable bonds is 2. The van der Waals surface area contributed by atoms with E-state index in [1.54, 1.807) is 0 Å². The van der Waals surface area contributed by atoms with Crippen molar-refractivity contribution in [2.24, 2.45) is 0 Å². The van der Waals surface area contributed by atoms with Gasteiger partial charge in [0.1, 0.15) is 0 Å². The highest BCUT2D eigenvalue weighted by molar-refractivity contribution is 8.13. The summed E-state index contributed by atoms with van der Waals surface area (Å²) in [6.07, 6.45) is 2.00. The highest BCUT2D eigenvalue weighted by Crippen LogP contribution is 2.33. The third-order valence-electron chi connectivity index (χ3n) is 1.73. The topological polar surface area (TPSA) is 54.4 Å². The van der Waals surface area contributed by atoms with Gasteiger partial charge in [-0.15, -0.1) is 0 Å². The standard InChI is InChI=1S/C5H9ClO3S/c6-10(8,9)4-5(7)2-1-3-5/h7H,1-4H2. The zero-order chi connectivity index (χ0) is 7.83. The van der Waals surface area contributed by atoms with Gasteiger partial charge in [-0.3, -0.25) is 0 Å². The van der Waals surface area contributed by atoms with Crippen molar-refractivity contribution in [2.45, 2.75) is 24.9 Å². The normalized spacial score (nSPS) is 23.8. The zero-order valence-corrected chi connectivity index (χ0v) is 6.95. The highest BCUT2D eigenvalue weighted by atomic mass is 35.7. The molecule has 0 bridgehead atoms. The van der Waals surface area contributed by atoms with Gasteiger partial charge in [-0.25, -0.2) is 8.42 Å². The van der Waals surface area contributed by atoms with Crippen molar-refractivity contribution in [1.82, 2.24) is 0 Å². The second-order valence-electron chi connectivity index (χ2n) is 2.76. The van der Waals surface area contributed by atoms with Crippen molar-refractivity contribution in [3.05, 3.63) is 0 Å². The maximum Gasteiger partial charge on any atom is 0.235 e. The van der Waals surface area contributed by atoms with Crippen LogP contribution >= 0.6 is 10.7 Å². The molecule has 0 aromatic rings. The number of halogens is 1. The van der Waals surface area contributed by atoms with E-state index in [0.29, 0.717) is 12.8 Å². The van der Waals surface area contributed by atoms with E-state index >= 15 is 0 Å². The molecule has 60 valence electrons. The van der Waals surface area contributed by atoms with Crippen LogP contribution in [0.4, 0.5) is 0 Å². The van der Waals surface area contributed by atoms with Gasteiger partial charge in [0.2, 0.25) is 9.05 Å². The van der Waals surface area contributed by atoms with Crippen LogP contribution in [-0.4, -0.2) is 24.9 Å². The Balaban J connectivity index is 2.53. The smallest absolute Gasteiger partial charge is 0.235 e. The second kappa shape index (κ2) is 2.36. The first kappa shape index (κ1) is 8.30. The van der Waals surface area contributed by atoms with E-state index in [-0.39, 0.29) is 5.75 Å². The highest BCUT2D eigenvalue weighted by Gasteiger charge is 2.38. The molecule has 1 N–H and O–H groups in total. The molecule has 0 amide bonds. The molecule has 1 aliphatic carbocycles. The maximum atomic E-state index is 10.4. The van der Waals surface area contributed by atoms with Crippen molar-refractivity contribution in [3.8, 4) is 0 Å². The first-order valence-electron chi connectivity index (χ1n) is 3.06. The van der Waals surface area contributed by atoms with Crippen LogP contribution in [-0.2, 0) is 9.05 Å². The number of aliphatic hydroxyl groups is 1. The molecule has 0 unspecified atom stereocenters. The van der Waals surface area contributed by atoms with Crippen LogP contribution in [0.1, 0.15) is 19.3 Å². The van der Waals surface area contributed by atoms with Crippen molar-refractivity contribution in [1.29, 1.82) is 0 Å². The Morgan fingerprint density at radius 3 is 2.10 bits per heavy atom. The molecule has 10 heavy (non-hydrogen) atoms. The molecule has 3 nitrogen and oxygen atoms in total. The van der Waals surface area contributed by atoms with Crippen molar-refractivity contribution in [3.63, 3.8) is 0 Å². The quantitative estimate of drug-likeness (QED) is 0.635. The Labute approximate surface area is 64.4 Å². The molecule has 0 radical (unpaired) electrons. The van der Waals surface area contributed by atoms with Crippen molar-refractivity contribution >= 4 is 19.7 Å². The molecule has 1 saturated carbocycles. The molecule has 0 aliphatic heterocycles. The molecule has 0 heterocycles. The molecular formula is C5H9ClO3S.